The van der Waals surface area contributed by atoms with Crippen molar-refractivity contribution in [2.75, 3.05) is 13.1 Å². The molecule has 0 spiro atoms. The highest BCUT2D eigenvalue weighted by molar-refractivity contribution is 5.79. The van der Waals surface area contributed by atoms with E-state index < -0.39 is 6.61 Å². The van der Waals surface area contributed by atoms with Crippen LogP contribution in [0.5, 0.6) is 5.75 Å². The van der Waals surface area contributed by atoms with Crippen molar-refractivity contribution in [2.24, 2.45) is 5.92 Å². The van der Waals surface area contributed by atoms with Gasteiger partial charge in [0.05, 0.1) is 5.92 Å². The number of hydrogen-bond donors (Lipinski definition) is 2. The number of benzene rings is 1. The van der Waals surface area contributed by atoms with Crippen LogP contribution in [0.15, 0.2) is 18.2 Å². The molecule has 1 aliphatic heterocycles. The van der Waals surface area contributed by atoms with Gasteiger partial charge in [0.25, 0.3) is 0 Å². The minimum atomic E-state index is -2.87. The van der Waals surface area contributed by atoms with E-state index in [0.717, 1.165) is 24.9 Å². The average molecular weight is 298 g/mol. The van der Waals surface area contributed by atoms with Crippen LogP contribution in [0, 0.1) is 12.8 Å². The summed E-state index contributed by atoms with van der Waals surface area (Å²) in [6.07, 6.45) is 1.83. The minimum absolute atomic E-state index is 0.0493. The van der Waals surface area contributed by atoms with E-state index in [4.69, 9.17) is 0 Å². The van der Waals surface area contributed by atoms with Crippen molar-refractivity contribution in [3.05, 3.63) is 29.3 Å². The second kappa shape index (κ2) is 7.36. The van der Waals surface area contributed by atoms with Gasteiger partial charge in [-0.1, -0.05) is 17.7 Å². The first kappa shape index (κ1) is 15.7. The van der Waals surface area contributed by atoms with Gasteiger partial charge in [0, 0.05) is 18.7 Å². The van der Waals surface area contributed by atoms with Crippen LogP contribution in [-0.2, 0) is 11.3 Å². The molecule has 21 heavy (non-hydrogen) atoms. The molecule has 0 radical (unpaired) electrons. The van der Waals surface area contributed by atoms with Gasteiger partial charge in [-0.05, 0) is 32.4 Å². The van der Waals surface area contributed by atoms with Crippen molar-refractivity contribution in [3.63, 3.8) is 0 Å². The molecule has 1 atom stereocenters. The van der Waals surface area contributed by atoms with Gasteiger partial charge >= 0.3 is 6.61 Å². The van der Waals surface area contributed by atoms with E-state index in [0.29, 0.717) is 12.1 Å². The van der Waals surface area contributed by atoms with Crippen molar-refractivity contribution in [2.45, 2.75) is 32.9 Å². The Kier molecular flexibility index (Phi) is 5.50. The number of ether oxygens (including phenoxy) is 1. The van der Waals surface area contributed by atoms with Crippen LogP contribution < -0.4 is 15.4 Å². The third-order valence-corrected chi connectivity index (χ3v) is 3.55. The lowest BCUT2D eigenvalue weighted by atomic mass is 9.99. The maximum atomic E-state index is 12.4. The summed E-state index contributed by atoms with van der Waals surface area (Å²) >= 11 is 0. The summed E-state index contributed by atoms with van der Waals surface area (Å²) in [5, 5.41) is 5.98. The Morgan fingerprint density at radius 1 is 1.52 bits per heavy atom. The minimum Gasteiger partial charge on any atom is -0.434 e. The molecule has 1 amide bonds. The second-order valence-corrected chi connectivity index (χ2v) is 5.25. The number of hydrogen-bond acceptors (Lipinski definition) is 3. The largest absolute Gasteiger partial charge is 0.434 e. The van der Waals surface area contributed by atoms with Gasteiger partial charge in [0.15, 0.2) is 0 Å². The first-order valence-electron chi connectivity index (χ1n) is 7.09. The number of carbonyl (C=O) groups is 1. The molecule has 1 heterocycles. The molecule has 0 aromatic heterocycles. The van der Waals surface area contributed by atoms with Crippen LogP contribution in [0.3, 0.4) is 0 Å². The highest BCUT2D eigenvalue weighted by Crippen LogP contribution is 2.22. The summed E-state index contributed by atoms with van der Waals surface area (Å²) in [5.41, 5.74) is 1.49. The zero-order valence-corrected chi connectivity index (χ0v) is 12.0. The smallest absolute Gasteiger partial charge is 0.387 e. The van der Waals surface area contributed by atoms with Gasteiger partial charge in [0.1, 0.15) is 5.75 Å². The lowest BCUT2D eigenvalue weighted by molar-refractivity contribution is -0.125. The summed E-state index contributed by atoms with van der Waals surface area (Å²) in [4.78, 5) is 12.0. The van der Waals surface area contributed by atoms with Crippen LogP contribution >= 0.6 is 0 Å². The molecule has 0 aliphatic carbocycles. The number of halogens is 2. The molecule has 1 saturated heterocycles. The molecule has 1 aliphatic rings. The van der Waals surface area contributed by atoms with Gasteiger partial charge in [-0.2, -0.15) is 8.78 Å². The maximum Gasteiger partial charge on any atom is 0.387 e. The van der Waals surface area contributed by atoms with Gasteiger partial charge in [-0.25, -0.2) is 0 Å². The molecule has 1 aromatic rings. The number of aryl methyl sites for hydroxylation is 1. The van der Waals surface area contributed by atoms with Gasteiger partial charge in [-0.3, -0.25) is 4.79 Å². The molecular weight excluding hydrogens is 278 g/mol. The van der Waals surface area contributed by atoms with Crippen LogP contribution in [0.2, 0.25) is 0 Å². The summed E-state index contributed by atoms with van der Waals surface area (Å²) in [5.74, 6) is 0.00685. The number of nitrogens with one attached hydrogen (secondary N) is 2. The van der Waals surface area contributed by atoms with Gasteiger partial charge < -0.3 is 15.4 Å². The number of carbonyl (C=O) groups excluding carboxylic acids is 1. The predicted molar refractivity (Wildman–Crippen MR) is 75.3 cm³/mol. The Balaban J connectivity index is 1.97. The maximum absolute atomic E-state index is 12.4. The Morgan fingerprint density at radius 2 is 2.33 bits per heavy atom. The van der Waals surface area contributed by atoms with Crippen molar-refractivity contribution in [1.29, 1.82) is 0 Å². The summed E-state index contributed by atoms with van der Waals surface area (Å²) < 4.78 is 29.2. The highest BCUT2D eigenvalue weighted by atomic mass is 19.3. The van der Waals surface area contributed by atoms with E-state index in [9.17, 15) is 13.6 Å². The van der Waals surface area contributed by atoms with E-state index in [1.54, 1.807) is 12.1 Å². The molecule has 1 fully saturated rings. The third kappa shape index (κ3) is 4.67. The van der Waals surface area contributed by atoms with Crippen LogP contribution in [0.4, 0.5) is 8.78 Å². The van der Waals surface area contributed by atoms with Gasteiger partial charge in [0.2, 0.25) is 5.91 Å². The Bertz CT molecular complexity index is 489. The number of alkyl halides is 2. The fourth-order valence-electron chi connectivity index (χ4n) is 2.46. The molecule has 6 heteroatoms. The summed E-state index contributed by atoms with van der Waals surface area (Å²) in [7, 11) is 0. The Labute approximate surface area is 122 Å². The zero-order valence-electron chi connectivity index (χ0n) is 12.0. The van der Waals surface area contributed by atoms with E-state index in [1.165, 1.54) is 6.07 Å². The van der Waals surface area contributed by atoms with Crippen molar-refractivity contribution in [3.8, 4) is 5.75 Å². The first-order chi connectivity index (χ1) is 10.1. The summed E-state index contributed by atoms with van der Waals surface area (Å²) in [6.45, 7) is 0.792. The fraction of sp³-hybridized carbons (Fsp3) is 0.533. The lowest BCUT2D eigenvalue weighted by Crippen LogP contribution is -2.40. The Hall–Kier alpha value is -1.69. The lowest BCUT2D eigenvalue weighted by Gasteiger charge is -2.22. The Morgan fingerprint density at radius 3 is 3.00 bits per heavy atom. The molecule has 4 nitrogen and oxygen atoms in total. The second-order valence-electron chi connectivity index (χ2n) is 5.25. The standard InChI is InChI=1S/C15H20F2N2O2/c1-10-4-5-13(21-15(16)17)12(7-10)9-19-14(20)11-3-2-6-18-8-11/h4-5,7,11,15,18H,2-3,6,8-9H2,1H3,(H,19,20). The van der Waals surface area contributed by atoms with Crippen LogP contribution in [0.25, 0.3) is 0 Å². The monoisotopic (exact) mass is 298 g/mol. The average Bonchev–Trinajstić information content (AvgIpc) is 2.47. The first-order valence-corrected chi connectivity index (χ1v) is 7.09. The fourth-order valence-corrected chi connectivity index (χ4v) is 2.46. The van der Waals surface area contributed by atoms with Crippen molar-refractivity contribution >= 4 is 5.91 Å². The predicted octanol–water partition coefficient (Wildman–Crippen LogP) is 2.21. The van der Waals surface area contributed by atoms with Crippen LogP contribution in [-0.4, -0.2) is 25.6 Å². The van der Waals surface area contributed by atoms with Gasteiger partial charge in [-0.15, -0.1) is 0 Å². The van der Waals surface area contributed by atoms with Crippen molar-refractivity contribution in [1.82, 2.24) is 10.6 Å². The quantitative estimate of drug-likeness (QED) is 0.876. The van der Waals surface area contributed by atoms with E-state index >= 15 is 0 Å². The zero-order chi connectivity index (χ0) is 15.2. The van der Waals surface area contributed by atoms with E-state index in [2.05, 4.69) is 15.4 Å². The third-order valence-electron chi connectivity index (χ3n) is 3.55. The molecule has 1 unspecified atom stereocenters. The van der Waals surface area contributed by atoms with E-state index in [1.807, 2.05) is 6.92 Å². The van der Waals surface area contributed by atoms with E-state index in [-0.39, 0.29) is 24.1 Å². The van der Waals surface area contributed by atoms with Crippen molar-refractivity contribution < 1.29 is 18.3 Å². The molecule has 116 valence electrons. The summed E-state index contributed by atoms with van der Waals surface area (Å²) in [6, 6.07) is 4.95. The normalized spacial score (nSPS) is 18.6. The highest BCUT2D eigenvalue weighted by Gasteiger charge is 2.21. The number of piperidine rings is 1. The number of rotatable bonds is 5. The SMILES string of the molecule is Cc1ccc(OC(F)F)c(CNC(=O)C2CCCNC2)c1. The topological polar surface area (TPSA) is 50.4 Å². The number of amides is 1. The molecule has 0 saturated carbocycles. The molecular formula is C15H20F2N2O2. The molecule has 2 rings (SSSR count). The molecule has 2 N–H and O–H groups in total. The molecule has 1 aromatic carbocycles. The van der Waals surface area contributed by atoms with Crippen LogP contribution in [0.1, 0.15) is 24.0 Å². The molecule has 0 bridgehead atoms.